The first kappa shape index (κ1) is 58.6. The number of halogens is 3. The van der Waals surface area contributed by atoms with E-state index >= 15 is 0 Å². The van der Waals surface area contributed by atoms with Gasteiger partial charge in [0.1, 0.15) is 15.8 Å². The zero-order valence-electron chi connectivity index (χ0n) is 35.9. The smallest absolute Gasteiger partial charge is 0.262 e. The van der Waals surface area contributed by atoms with Crippen LogP contribution in [-0.4, -0.2) is 256 Å². The molecule has 260 valence electrons. The number of thiophene rings is 1. The van der Waals surface area contributed by atoms with Crippen LogP contribution in [0.2, 0.25) is 5.02 Å². The molecule has 0 amide bonds. The summed E-state index contributed by atoms with van der Waals surface area (Å²) in [6, 6.07) is 11.7. The number of sulfonamides is 1. The van der Waals surface area contributed by atoms with Crippen molar-refractivity contribution in [2.75, 3.05) is 4.31 Å². The van der Waals surface area contributed by atoms with Crippen LogP contribution in [0.1, 0.15) is 28.8 Å². The van der Waals surface area contributed by atoms with Crippen LogP contribution >= 0.6 is 22.9 Å². The Morgan fingerprint density at radius 3 is 1.45 bits per heavy atom. The summed E-state index contributed by atoms with van der Waals surface area (Å²) in [4.78, 5) is 0.879. The molecule has 0 spiro atoms. The topological polar surface area (TPSA) is 37.4 Å². The molecule has 1 aliphatic heterocycles. The molecule has 3 aromatic rings. The predicted molar refractivity (Wildman–Crippen MR) is 313 cm³/mol. The van der Waals surface area contributed by atoms with Crippen molar-refractivity contribution in [2.24, 2.45) is 0 Å². The number of fused-ring (bicyclic) bond motifs is 1. The number of aryl methyl sites for hydroxylation is 3. The van der Waals surface area contributed by atoms with E-state index in [1.165, 1.54) is 33.8 Å². The SMILES string of the molecule is Cc1ccc(S(=O)(=O)N2c3cc(F)ccc3CCC2CCc2ccc(Cl)cc2F)s1.[B]B([B])B(B([B])[B])B(B([B])[B])B(B(B([B])[B])B([B])[B])B(B(B([B])[B])B([B])[B])B(B([B])[B])B([B])[B]. The van der Waals surface area contributed by atoms with E-state index in [0.29, 0.717) is 42.0 Å². The second-order valence-corrected chi connectivity index (χ2v) is 20.4. The van der Waals surface area contributed by atoms with E-state index in [-0.39, 0.29) is 4.21 Å². The third-order valence-corrected chi connectivity index (χ3v) is 15.6. The van der Waals surface area contributed by atoms with Crippen molar-refractivity contribution in [3.63, 3.8) is 0 Å². The minimum absolute atomic E-state index is 0.222. The van der Waals surface area contributed by atoms with Gasteiger partial charge in [-0.15, -0.1) is 11.3 Å². The Hall–Kier alpha value is 0.248. The van der Waals surface area contributed by atoms with Gasteiger partial charge in [0.05, 0.1) is 5.69 Å². The summed E-state index contributed by atoms with van der Waals surface area (Å²) in [7, 11) is 106. The van der Waals surface area contributed by atoms with Crippen molar-refractivity contribution in [1.82, 2.24) is 0 Å². The van der Waals surface area contributed by atoms with Gasteiger partial charge in [0.25, 0.3) is 10.0 Å². The molecule has 3 nitrogen and oxygen atoms in total. The fourth-order valence-electron chi connectivity index (χ4n) is 9.26. The van der Waals surface area contributed by atoms with Gasteiger partial charge in [-0.3, -0.25) is 4.31 Å². The molecule has 42 heteroatoms. The van der Waals surface area contributed by atoms with Crippen LogP contribution in [0.3, 0.4) is 0 Å². The van der Waals surface area contributed by atoms with E-state index in [4.69, 9.17) is 151 Å². The first-order valence-electron chi connectivity index (χ1n) is 20.6. The van der Waals surface area contributed by atoms with Crippen LogP contribution in [0.5, 0.6) is 0 Å². The van der Waals surface area contributed by atoms with E-state index in [2.05, 4.69) is 0 Å². The van der Waals surface area contributed by atoms with Gasteiger partial charge in [-0.05, 0) is 80.1 Å². The van der Waals surface area contributed by atoms with Crippen LogP contribution in [-0.2, 0) is 22.9 Å². The second-order valence-electron chi connectivity index (χ2n) is 16.6. The van der Waals surface area contributed by atoms with E-state index in [9.17, 15) is 17.2 Å². The highest BCUT2D eigenvalue weighted by atomic mass is 35.5. The molecule has 0 saturated carbocycles. The first-order chi connectivity index (χ1) is 29.6. The van der Waals surface area contributed by atoms with Crippen molar-refractivity contribution < 1.29 is 17.2 Å². The molecule has 0 bridgehead atoms. The van der Waals surface area contributed by atoms with Crippen molar-refractivity contribution in [2.45, 2.75) is 42.9 Å². The number of hydrogen-bond acceptors (Lipinski definition) is 3. The van der Waals surface area contributed by atoms with Crippen molar-refractivity contribution in [3.05, 3.63) is 81.2 Å². The Morgan fingerprint density at radius 2 is 1.05 bits per heavy atom. The number of nitrogens with zero attached hydrogens (tertiary/aromatic N) is 1. The van der Waals surface area contributed by atoms with E-state index in [0.717, 1.165) is 10.4 Å². The zero-order valence-corrected chi connectivity index (χ0v) is 38.3. The Kier molecular flexibility index (Phi) is 23.7. The molecule has 2 heterocycles. The Bertz CT molecular complexity index is 1990. The fourth-order valence-corrected chi connectivity index (χ4v) is 12.5. The minimum atomic E-state index is -3.87. The number of rotatable bonds is 20. The molecule has 1 atom stereocenters. The highest BCUT2D eigenvalue weighted by Gasteiger charge is 2.54. The lowest BCUT2D eigenvalue weighted by molar-refractivity contribution is 0.516. The predicted octanol–water partition coefficient (Wildman–Crippen LogP) is -6.82. The molecule has 0 saturated heterocycles. The average molecular weight is 836 g/mol. The Morgan fingerprint density at radius 1 is 0.609 bits per heavy atom. The molecule has 4 rings (SSSR count). The molecule has 1 unspecified atom stereocenters. The highest BCUT2D eigenvalue weighted by Crippen LogP contribution is 2.39. The molecule has 1 aromatic heterocycles. The van der Waals surface area contributed by atoms with E-state index in [1.54, 1.807) is 30.3 Å². The summed E-state index contributed by atoms with van der Waals surface area (Å²) in [6.45, 7) is 1.84. The average Bonchev–Trinajstić information content (AvgIpc) is 3.61. The molecular weight excluding hydrogens is 815 g/mol. The third kappa shape index (κ3) is 14.9. The third-order valence-electron chi connectivity index (χ3n) is 12.0. The van der Waals surface area contributed by atoms with Crippen molar-refractivity contribution >= 4 is 280 Å². The number of benzene rings is 2. The molecule has 0 N–H and O–H groups in total. The maximum Gasteiger partial charge on any atom is 0.274 e. The summed E-state index contributed by atoms with van der Waals surface area (Å²) in [6.07, 6.45) is -14.7. The molecule has 0 fully saturated rings. The normalized spacial score (nSPS) is 12.8. The molecule has 1 aliphatic rings. The Balaban J connectivity index is 0.000000342. The lowest BCUT2D eigenvalue weighted by Crippen LogP contribution is -2.90. The first-order valence-corrected chi connectivity index (χ1v) is 23.2. The van der Waals surface area contributed by atoms with Crippen molar-refractivity contribution in [3.8, 4) is 0 Å². The Labute approximate surface area is 422 Å². The van der Waals surface area contributed by atoms with Gasteiger partial charge in [0, 0.05) is 257 Å². The molecular formula is C22H20B34ClF2NO2S2. The second kappa shape index (κ2) is 25.9. The van der Waals surface area contributed by atoms with Crippen LogP contribution < -0.4 is 4.31 Å². The fraction of sp³-hybridized carbons (Fsp3) is 0.273. The molecule has 0 aliphatic carbocycles. The number of anilines is 1. The molecule has 64 heavy (non-hydrogen) atoms. The number of hydrogen-bond donors (Lipinski definition) is 0. The molecule has 2 aromatic carbocycles. The van der Waals surface area contributed by atoms with Gasteiger partial charge in [-0.1, -0.05) is 23.7 Å². The van der Waals surface area contributed by atoms with E-state index in [1.807, 2.05) is 6.92 Å². The summed E-state index contributed by atoms with van der Waals surface area (Å²) >= 11 is 7.02. The van der Waals surface area contributed by atoms with Gasteiger partial charge >= 0.3 is 0 Å². The van der Waals surface area contributed by atoms with Crippen LogP contribution in [0.15, 0.2) is 52.7 Å². The highest BCUT2D eigenvalue weighted by molar-refractivity contribution is 8.29. The lowest BCUT2D eigenvalue weighted by Gasteiger charge is -2.52. The quantitative estimate of drug-likeness (QED) is 0.106. The summed E-state index contributed by atoms with van der Waals surface area (Å²) in [5, 5.41) is 0.315. The summed E-state index contributed by atoms with van der Waals surface area (Å²) in [5.41, 5.74) is 1.64. The van der Waals surface area contributed by atoms with Crippen LogP contribution in [0, 0.1) is 18.6 Å². The maximum absolute atomic E-state index is 14.2. The minimum Gasteiger partial charge on any atom is -0.262 e. The van der Waals surface area contributed by atoms with Gasteiger partial charge in [-0.2, -0.15) is 0 Å². The zero-order chi connectivity index (χ0) is 48.7. The van der Waals surface area contributed by atoms with Gasteiger partial charge in [-0.25, -0.2) is 17.2 Å². The van der Waals surface area contributed by atoms with Crippen LogP contribution in [0.4, 0.5) is 14.5 Å². The maximum atomic E-state index is 14.2. The van der Waals surface area contributed by atoms with Crippen LogP contribution in [0.25, 0.3) is 0 Å². The largest absolute Gasteiger partial charge is 0.274 e. The lowest BCUT2D eigenvalue weighted by atomic mass is 8.29. The monoisotopic (exact) mass is 841 g/mol. The van der Waals surface area contributed by atoms with Gasteiger partial charge in [0.2, 0.25) is 0 Å². The van der Waals surface area contributed by atoms with Gasteiger partial charge < -0.3 is 0 Å². The van der Waals surface area contributed by atoms with E-state index < -0.39 is 130 Å². The summed E-state index contributed by atoms with van der Waals surface area (Å²) < 4.78 is 56.9. The molecule has 36 radical (unpaired) electrons. The standard InChI is InChI=1S/C22H20ClF2NO2S2.B34/c1-14-2-11-22(29-14)30(27,28)26-19(9-5-15-3-7-17(23)12-20(15)25)10-6-16-4-8-18(24)13-21(16)26;1-19(2)28(20(3)4)32(27(17)18)34(31(25(13)14)26(15)16)33(29(21(5)6)22(7)8)30(23(9)10)24(11)12/h2-4,7-8,11-13,19H,5-6,9-10H2,1H3;. The van der Waals surface area contributed by atoms with Crippen molar-refractivity contribution in [1.29, 1.82) is 0 Å². The summed E-state index contributed by atoms with van der Waals surface area (Å²) in [5.74, 6) is -0.895. The van der Waals surface area contributed by atoms with Gasteiger partial charge in [0.15, 0.2) is 0 Å².